The maximum absolute atomic E-state index is 6.60. The Morgan fingerprint density at radius 3 is 2.50 bits per heavy atom. The highest BCUT2D eigenvalue weighted by atomic mass is 14.9. The summed E-state index contributed by atoms with van der Waals surface area (Å²) < 4.78 is 0. The third-order valence-corrected chi connectivity index (χ3v) is 4.92. The lowest BCUT2D eigenvalue weighted by Gasteiger charge is -2.46. The Labute approximate surface area is 121 Å². The molecule has 2 aromatic rings. The van der Waals surface area contributed by atoms with Crippen molar-refractivity contribution in [2.24, 2.45) is 11.1 Å². The first-order chi connectivity index (χ1) is 9.64. The molecular formula is C18H24N2. The van der Waals surface area contributed by atoms with Crippen molar-refractivity contribution in [2.75, 3.05) is 13.6 Å². The van der Waals surface area contributed by atoms with E-state index in [9.17, 15) is 0 Å². The second-order valence-corrected chi connectivity index (χ2v) is 6.33. The van der Waals surface area contributed by atoms with Crippen LogP contribution in [0.3, 0.4) is 0 Å². The van der Waals surface area contributed by atoms with Crippen LogP contribution in [-0.2, 0) is 0 Å². The maximum atomic E-state index is 6.60. The summed E-state index contributed by atoms with van der Waals surface area (Å²) in [4.78, 5) is 0. The summed E-state index contributed by atoms with van der Waals surface area (Å²) in [7, 11) is 2.02. The molecule has 0 spiro atoms. The minimum absolute atomic E-state index is 0.134. The van der Waals surface area contributed by atoms with Gasteiger partial charge in [0.15, 0.2) is 0 Å². The normalized spacial score (nSPS) is 18.8. The van der Waals surface area contributed by atoms with Crippen molar-refractivity contribution in [2.45, 2.75) is 32.2 Å². The first-order valence-corrected chi connectivity index (χ1v) is 7.55. The van der Waals surface area contributed by atoms with Crippen LogP contribution in [0.1, 0.15) is 36.4 Å². The van der Waals surface area contributed by atoms with E-state index < -0.39 is 0 Å². The van der Waals surface area contributed by atoms with Gasteiger partial charge in [-0.25, -0.2) is 0 Å². The molecule has 0 radical (unpaired) electrons. The summed E-state index contributed by atoms with van der Waals surface area (Å²) >= 11 is 0. The van der Waals surface area contributed by atoms with Crippen LogP contribution in [0.5, 0.6) is 0 Å². The van der Waals surface area contributed by atoms with Crippen molar-refractivity contribution in [1.82, 2.24) is 5.32 Å². The topological polar surface area (TPSA) is 38.0 Å². The fraction of sp³-hybridized carbons (Fsp3) is 0.444. The molecule has 1 atom stereocenters. The SMILES string of the molecule is CNCC1(C(N)c2ccc3cc(C)ccc3c2)CCC1. The number of aryl methyl sites for hydroxylation is 1. The number of fused-ring (bicyclic) bond motifs is 1. The molecule has 20 heavy (non-hydrogen) atoms. The summed E-state index contributed by atoms with van der Waals surface area (Å²) in [5, 5.41) is 5.92. The van der Waals surface area contributed by atoms with E-state index in [0.717, 1.165) is 6.54 Å². The first kappa shape index (κ1) is 13.6. The van der Waals surface area contributed by atoms with E-state index in [-0.39, 0.29) is 11.5 Å². The van der Waals surface area contributed by atoms with Crippen LogP contribution in [-0.4, -0.2) is 13.6 Å². The van der Waals surface area contributed by atoms with E-state index in [1.807, 2.05) is 7.05 Å². The molecule has 0 bridgehead atoms. The summed E-state index contributed by atoms with van der Waals surface area (Å²) in [6.45, 7) is 3.15. The van der Waals surface area contributed by atoms with Crippen molar-refractivity contribution in [3.63, 3.8) is 0 Å². The Morgan fingerprint density at radius 1 is 1.15 bits per heavy atom. The number of benzene rings is 2. The van der Waals surface area contributed by atoms with Crippen molar-refractivity contribution in [1.29, 1.82) is 0 Å². The Balaban J connectivity index is 1.95. The zero-order chi connectivity index (χ0) is 14.2. The molecule has 3 rings (SSSR count). The van der Waals surface area contributed by atoms with Gasteiger partial charge in [-0.2, -0.15) is 0 Å². The molecule has 0 saturated heterocycles. The maximum Gasteiger partial charge on any atom is 0.0364 e. The van der Waals surface area contributed by atoms with Gasteiger partial charge in [-0.1, -0.05) is 42.3 Å². The van der Waals surface area contributed by atoms with Gasteiger partial charge in [0.05, 0.1) is 0 Å². The molecule has 106 valence electrons. The Bertz CT molecular complexity index is 614. The zero-order valence-corrected chi connectivity index (χ0v) is 12.4. The molecule has 0 aromatic heterocycles. The minimum atomic E-state index is 0.134. The molecule has 2 heteroatoms. The molecule has 1 aliphatic carbocycles. The number of hydrogen-bond donors (Lipinski definition) is 2. The second-order valence-electron chi connectivity index (χ2n) is 6.33. The lowest BCUT2D eigenvalue weighted by atomic mass is 9.62. The van der Waals surface area contributed by atoms with Crippen molar-refractivity contribution in [3.8, 4) is 0 Å². The Hall–Kier alpha value is -1.38. The Morgan fingerprint density at radius 2 is 1.85 bits per heavy atom. The van der Waals surface area contributed by atoms with Gasteiger partial charge in [0, 0.05) is 18.0 Å². The molecule has 1 fully saturated rings. The van der Waals surface area contributed by atoms with Crippen LogP contribution in [0.25, 0.3) is 10.8 Å². The standard InChI is InChI=1S/C18H24N2/c1-13-4-5-15-11-16(7-6-14(15)10-13)17(19)18(12-20-2)8-3-9-18/h4-7,10-11,17,20H,3,8-9,12,19H2,1-2H3. The van der Waals surface area contributed by atoms with Gasteiger partial charge in [-0.15, -0.1) is 0 Å². The van der Waals surface area contributed by atoms with E-state index in [2.05, 4.69) is 48.6 Å². The fourth-order valence-electron chi connectivity index (χ4n) is 3.51. The van der Waals surface area contributed by atoms with E-state index in [4.69, 9.17) is 5.73 Å². The smallest absolute Gasteiger partial charge is 0.0364 e. The van der Waals surface area contributed by atoms with Crippen LogP contribution < -0.4 is 11.1 Å². The minimum Gasteiger partial charge on any atom is -0.323 e. The molecule has 1 aliphatic rings. The molecule has 2 aromatic carbocycles. The van der Waals surface area contributed by atoms with Crippen molar-refractivity contribution in [3.05, 3.63) is 47.5 Å². The Kier molecular flexibility index (Phi) is 3.53. The lowest BCUT2D eigenvalue weighted by molar-refractivity contribution is 0.0948. The average molecular weight is 268 g/mol. The highest BCUT2D eigenvalue weighted by molar-refractivity contribution is 5.83. The molecule has 0 heterocycles. The van der Waals surface area contributed by atoms with E-state index in [1.54, 1.807) is 0 Å². The first-order valence-electron chi connectivity index (χ1n) is 7.55. The van der Waals surface area contributed by atoms with Gasteiger partial charge < -0.3 is 11.1 Å². The monoisotopic (exact) mass is 268 g/mol. The van der Waals surface area contributed by atoms with Crippen LogP contribution >= 0.6 is 0 Å². The molecule has 0 aliphatic heterocycles. The van der Waals surface area contributed by atoms with Crippen molar-refractivity contribution < 1.29 is 0 Å². The lowest BCUT2D eigenvalue weighted by Crippen LogP contribution is -2.46. The largest absolute Gasteiger partial charge is 0.323 e. The van der Waals surface area contributed by atoms with Gasteiger partial charge >= 0.3 is 0 Å². The van der Waals surface area contributed by atoms with Crippen molar-refractivity contribution >= 4 is 10.8 Å². The van der Waals surface area contributed by atoms with Crippen LogP contribution in [0, 0.1) is 12.3 Å². The summed E-state index contributed by atoms with van der Waals surface area (Å²) in [5.74, 6) is 0. The number of nitrogens with two attached hydrogens (primary N) is 1. The second kappa shape index (κ2) is 5.19. The number of nitrogens with one attached hydrogen (secondary N) is 1. The number of hydrogen-bond acceptors (Lipinski definition) is 2. The summed E-state index contributed by atoms with van der Waals surface area (Å²) in [6, 6.07) is 13.4. The molecule has 1 unspecified atom stereocenters. The summed E-state index contributed by atoms with van der Waals surface area (Å²) in [6.07, 6.45) is 3.78. The predicted octanol–water partition coefficient (Wildman–Crippen LogP) is 3.54. The fourth-order valence-corrected chi connectivity index (χ4v) is 3.51. The van der Waals surface area contributed by atoms with Crippen LogP contribution in [0.2, 0.25) is 0 Å². The van der Waals surface area contributed by atoms with Gasteiger partial charge in [-0.05, 0) is 49.2 Å². The van der Waals surface area contributed by atoms with E-state index >= 15 is 0 Å². The zero-order valence-electron chi connectivity index (χ0n) is 12.4. The molecule has 3 N–H and O–H groups in total. The highest BCUT2D eigenvalue weighted by Gasteiger charge is 2.42. The van der Waals surface area contributed by atoms with Crippen LogP contribution in [0.15, 0.2) is 36.4 Å². The van der Waals surface area contributed by atoms with Gasteiger partial charge in [0.1, 0.15) is 0 Å². The third-order valence-electron chi connectivity index (χ3n) is 4.92. The third kappa shape index (κ3) is 2.23. The molecule has 0 amide bonds. The average Bonchev–Trinajstić information content (AvgIpc) is 2.41. The van der Waals surface area contributed by atoms with E-state index in [1.165, 1.54) is 41.2 Å². The van der Waals surface area contributed by atoms with Crippen LogP contribution in [0.4, 0.5) is 0 Å². The highest BCUT2D eigenvalue weighted by Crippen LogP contribution is 2.48. The van der Waals surface area contributed by atoms with Gasteiger partial charge in [0.2, 0.25) is 0 Å². The quantitative estimate of drug-likeness (QED) is 0.890. The molecular weight excluding hydrogens is 244 g/mol. The number of rotatable bonds is 4. The summed E-state index contributed by atoms with van der Waals surface area (Å²) in [5.41, 5.74) is 9.44. The van der Waals surface area contributed by atoms with E-state index in [0.29, 0.717) is 0 Å². The van der Waals surface area contributed by atoms with Gasteiger partial charge in [0.25, 0.3) is 0 Å². The predicted molar refractivity (Wildman–Crippen MR) is 85.8 cm³/mol. The van der Waals surface area contributed by atoms with Gasteiger partial charge in [-0.3, -0.25) is 0 Å². The molecule has 1 saturated carbocycles. The molecule has 2 nitrogen and oxygen atoms in total.